The van der Waals surface area contributed by atoms with Crippen LogP contribution in [0.2, 0.25) is 0 Å². The van der Waals surface area contributed by atoms with E-state index in [-0.39, 0.29) is 5.91 Å². The molecule has 2 heterocycles. The van der Waals surface area contributed by atoms with Crippen molar-refractivity contribution in [3.63, 3.8) is 0 Å². The van der Waals surface area contributed by atoms with E-state index >= 15 is 0 Å². The average molecular weight is 361 g/mol. The van der Waals surface area contributed by atoms with Gasteiger partial charge in [0.25, 0.3) is 0 Å². The van der Waals surface area contributed by atoms with Gasteiger partial charge in [-0.25, -0.2) is 0 Å². The third kappa shape index (κ3) is 3.16. The molecule has 2 aromatic carbocycles. The van der Waals surface area contributed by atoms with Crippen molar-refractivity contribution in [2.45, 2.75) is 6.04 Å². The standard InChI is InChI=1S/C20H19N5O2/c1-27-14-5-2-4-12(8-14)18(21)20(26)25-17-7-3-6-15-16(11-22-19(15)17)13-9-23-24-10-13/h2-11,18,22H,21H2,1H3,(H,23,24)(H,25,26)/t18-/m0/s1. The molecule has 2 aromatic heterocycles. The number of aromatic amines is 2. The average Bonchev–Trinajstić information content (AvgIpc) is 3.37. The lowest BCUT2D eigenvalue weighted by atomic mass is 10.1. The van der Waals surface area contributed by atoms with Crippen LogP contribution in [0.5, 0.6) is 5.75 Å². The lowest BCUT2D eigenvalue weighted by Gasteiger charge is -2.14. The van der Waals surface area contributed by atoms with Crippen molar-refractivity contribution in [1.82, 2.24) is 15.2 Å². The summed E-state index contributed by atoms with van der Waals surface area (Å²) in [5.74, 6) is 0.363. The molecule has 0 spiro atoms. The third-order valence-corrected chi connectivity index (χ3v) is 4.52. The number of amides is 1. The molecule has 1 amide bonds. The molecular formula is C20H19N5O2. The summed E-state index contributed by atoms with van der Waals surface area (Å²) in [7, 11) is 1.58. The molecule has 7 nitrogen and oxygen atoms in total. The highest BCUT2D eigenvalue weighted by atomic mass is 16.5. The smallest absolute Gasteiger partial charge is 0.245 e. The fourth-order valence-corrected chi connectivity index (χ4v) is 3.09. The van der Waals surface area contributed by atoms with Crippen LogP contribution >= 0.6 is 0 Å². The number of aromatic nitrogens is 3. The van der Waals surface area contributed by atoms with Crippen molar-refractivity contribution >= 4 is 22.5 Å². The van der Waals surface area contributed by atoms with E-state index in [0.717, 1.165) is 22.0 Å². The van der Waals surface area contributed by atoms with E-state index in [1.807, 2.05) is 42.7 Å². The van der Waals surface area contributed by atoms with Crippen molar-refractivity contribution < 1.29 is 9.53 Å². The summed E-state index contributed by atoms with van der Waals surface area (Å²) >= 11 is 0. The maximum absolute atomic E-state index is 12.7. The minimum absolute atomic E-state index is 0.296. The molecule has 4 rings (SSSR count). The molecule has 5 N–H and O–H groups in total. The van der Waals surface area contributed by atoms with Gasteiger partial charge in [-0.3, -0.25) is 9.89 Å². The zero-order valence-electron chi connectivity index (χ0n) is 14.7. The lowest BCUT2D eigenvalue weighted by molar-refractivity contribution is -0.117. The minimum Gasteiger partial charge on any atom is -0.497 e. The van der Waals surface area contributed by atoms with E-state index in [1.54, 1.807) is 25.4 Å². The van der Waals surface area contributed by atoms with Crippen molar-refractivity contribution in [2.24, 2.45) is 5.73 Å². The zero-order chi connectivity index (χ0) is 18.8. The van der Waals surface area contributed by atoms with Gasteiger partial charge in [-0.2, -0.15) is 5.10 Å². The van der Waals surface area contributed by atoms with E-state index in [0.29, 0.717) is 17.0 Å². The highest BCUT2D eigenvalue weighted by Gasteiger charge is 2.18. The van der Waals surface area contributed by atoms with Crippen molar-refractivity contribution in [2.75, 3.05) is 12.4 Å². The first kappa shape index (κ1) is 16.9. The molecule has 4 aromatic rings. The summed E-state index contributed by atoms with van der Waals surface area (Å²) in [4.78, 5) is 15.9. The summed E-state index contributed by atoms with van der Waals surface area (Å²) in [6.07, 6.45) is 5.48. The number of hydrogen-bond acceptors (Lipinski definition) is 4. The highest BCUT2D eigenvalue weighted by molar-refractivity contribution is 6.06. The first-order chi connectivity index (χ1) is 13.2. The Labute approximate surface area is 155 Å². The van der Waals surface area contributed by atoms with Gasteiger partial charge in [0.15, 0.2) is 0 Å². The number of fused-ring (bicyclic) bond motifs is 1. The molecule has 0 aliphatic carbocycles. The van der Waals surface area contributed by atoms with E-state index in [2.05, 4.69) is 20.5 Å². The lowest BCUT2D eigenvalue weighted by Crippen LogP contribution is -2.27. The Bertz CT molecular complexity index is 1080. The number of hydrogen-bond donors (Lipinski definition) is 4. The van der Waals surface area contributed by atoms with Crippen molar-refractivity contribution in [3.8, 4) is 16.9 Å². The van der Waals surface area contributed by atoms with Gasteiger partial charge in [-0.1, -0.05) is 24.3 Å². The van der Waals surface area contributed by atoms with Gasteiger partial charge < -0.3 is 20.8 Å². The van der Waals surface area contributed by atoms with Gasteiger partial charge in [0.1, 0.15) is 11.8 Å². The molecule has 0 radical (unpaired) electrons. The van der Waals surface area contributed by atoms with Gasteiger partial charge in [0.05, 0.1) is 24.5 Å². The quantitative estimate of drug-likeness (QED) is 0.438. The van der Waals surface area contributed by atoms with Crippen LogP contribution < -0.4 is 15.8 Å². The Hall–Kier alpha value is -3.58. The third-order valence-electron chi connectivity index (χ3n) is 4.52. The van der Waals surface area contributed by atoms with Crippen LogP contribution in [0.25, 0.3) is 22.0 Å². The molecule has 27 heavy (non-hydrogen) atoms. The Balaban J connectivity index is 1.62. The van der Waals surface area contributed by atoms with Gasteiger partial charge in [-0.05, 0) is 23.8 Å². The van der Waals surface area contributed by atoms with Gasteiger partial charge in [-0.15, -0.1) is 0 Å². The topological polar surface area (TPSA) is 109 Å². The van der Waals surface area contributed by atoms with Crippen molar-refractivity contribution in [1.29, 1.82) is 0 Å². The number of carbonyl (C=O) groups excluding carboxylic acids is 1. The fourth-order valence-electron chi connectivity index (χ4n) is 3.09. The van der Waals surface area contributed by atoms with Crippen LogP contribution in [0, 0.1) is 0 Å². The fraction of sp³-hybridized carbons (Fsp3) is 0.100. The first-order valence-corrected chi connectivity index (χ1v) is 8.47. The highest BCUT2D eigenvalue weighted by Crippen LogP contribution is 2.32. The number of rotatable bonds is 5. The molecule has 7 heteroatoms. The van der Waals surface area contributed by atoms with Crippen LogP contribution in [0.1, 0.15) is 11.6 Å². The maximum atomic E-state index is 12.7. The molecule has 136 valence electrons. The maximum Gasteiger partial charge on any atom is 0.245 e. The Kier molecular flexibility index (Phi) is 4.35. The summed E-state index contributed by atoms with van der Waals surface area (Å²) < 4.78 is 5.20. The summed E-state index contributed by atoms with van der Waals surface area (Å²) in [6.45, 7) is 0. The van der Waals surface area contributed by atoms with E-state index < -0.39 is 6.04 Å². The first-order valence-electron chi connectivity index (χ1n) is 8.47. The van der Waals surface area contributed by atoms with Crippen LogP contribution in [-0.4, -0.2) is 28.2 Å². The van der Waals surface area contributed by atoms with Gasteiger partial charge in [0, 0.05) is 28.9 Å². The van der Waals surface area contributed by atoms with Crippen LogP contribution in [0.4, 0.5) is 5.69 Å². The SMILES string of the molecule is COc1cccc([C@H](N)C(=O)Nc2cccc3c(-c4cn[nH]c4)c[nH]c23)c1. The van der Waals surface area contributed by atoms with E-state index in [1.165, 1.54) is 0 Å². The molecule has 1 atom stereocenters. The van der Waals surface area contributed by atoms with Gasteiger partial charge >= 0.3 is 0 Å². The van der Waals surface area contributed by atoms with Crippen LogP contribution in [0.3, 0.4) is 0 Å². The molecular weight excluding hydrogens is 342 g/mol. The Morgan fingerprint density at radius 2 is 2.07 bits per heavy atom. The normalized spacial score (nSPS) is 12.1. The zero-order valence-corrected chi connectivity index (χ0v) is 14.7. The summed E-state index contributed by atoms with van der Waals surface area (Å²) in [6, 6.07) is 12.1. The molecule has 0 aliphatic heterocycles. The van der Waals surface area contributed by atoms with Crippen molar-refractivity contribution in [3.05, 3.63) is 66.6 Å². The van der Waals surface area contributed by atoms with E-state index in [9.17, 15) is 4.79 Å². The number of nitrogens with one attached hydrogen (secondary N) is 3. The second-order valence-corrected chi connectivity index (χ2v) is 6.16. The monoisotopic (exact) mass is 361 g/mol. The predicted molar refractivity (Wildman–Crippen MR) is 104 cm³/mol. The Morgan fingerprint density at radius 3 is 2.85 bits per heavy atom. The number of nitrogens with two attached hydrogens (primary N) is 1. The number of benzene rings is 2. The number of carbonyl (C=O) groups is 1. The number of nitrogens with zero attached hydrogens (tertiary/aromatic N) is 1. The molecule has 0 unspecified atom stereocenters. The van der Waals surface area contributed by atoms with Gasteiger partial charge in [0.2, 0.25) is 5.91 Å². The second kappa shape index (κ2) is 6.97. The molecule has 0 saturated heterocycles. The summed E-state index contributed by atoms with van der Waals surface area (Å²) in [5, 5.41) is 10.7. The predicted octanol–water partition coefficient (Wildman–Crippen LogP) is 3.21. The Morgan fingerprint density at radius 1 is 1.22 bits per heavy atom. The minimum atomic E-state index is -0.807. The largest absolute Gasteiger partial charge is 0.497 e. The second-order valence-electron chi connectivity index (χ2n) is 6.16. The van der Waals surface area contributed by atoms with Crippen LogP contribution in [-0.2, 0) is 4.79 Å². The number of H-pyrrole nitrogens is 2. The molecule has 0 fully saturated rings. The van der Waals surface area contributed by atoms with Crippen LogP contribution in [0.15, 0.2) is 61.1 Å². The number of para-hydroxylation sites is 1. The number of methoxy groups -OCH3 is 1. The summed E-state index contributed by atoms with van der Waals surface area (Å²) in [5.41, 5.74) is 10.3. The number of ether oxygens (including phenoxy) is 1. The molecule has 0 bridgehead atoms. The molecule has 0 aliphatic rings. The molecule has 0 saturated carbocycles. The van der Waals surface area contributed by atoms with E-state index in [4.69, 9.17) is 10.5 Å². The number of anilines is 1.